The molecule has 2 rings (SSSR count). The van der Waals surface area contributed by atoms with Gasteiger partial charge in [-0.3, -0.25) is 0 Å². The van der Waals surface area contributed by atoms with Gasteiger partial charge in [0.15, 0.2) is 0 Å². The fraction of sp³-hybridized carbons (Fsp3) is 0.588. The number of nitrogens with one attached hydrogen (secondary N) is 1. The van der Waals surface area contributed by atoms with Crippen molar-refractivity contribution in [2.75, 3.05) is 26.2 Å². The van der Waals surface area contributed by atoms with E-state index in [1.807, 2.05) is 36.1 Å². The molecule has 0 spiro atoms. The fourth-order valence-corrected chi connectivity index (χ4v) is 2.79. The number of hydrogen-bond acceptors (Lipinski definition) is 2. The number of carbonyl (C=O) groups excluding carboxylic acids is 1. The summed E-state index contributed by atoms with van der Waals surface area (Å²) < 4.78 is 5.57. The zero-order chi connectivity index (χ0) is 16.2. The first kappa shape index (κ1) is 17.1. The lowest BCUT2D eigenvalue weighted by Gasteiger charge is -2.29. The van der Waals surface area contributed by atoms with Crippen molar-refractivity contribution < 1.29 is 9.53 Å². The minimum Gasteiger partial charge on any atom is -0.377 e. The molecule has 1 fully saturated rings. The fourth-order valence-electron chi connectivity index (χ4n) is 2.60. The summed E-state index contributed by atoms with van der Waals surface area (Å²) >= 11 is 6.06. The maximum Gasteiger partial charge on any atom is 0.317 e. The topological polar surface area (TPSA) is 41.6 Å². The molecule has 22 heavy (non-hydrogen) atoms. The second-order valence-electron chi connectivity index (χ2n) is 6.53. The van der Waals surface area contributed by atoms with Crippen LogP contribution in [0.3, 0.4) is 0 Å². The normalized spacial score (nSPS) is 19.6. The lowest BCUT2D eigenvalue weighted by atomic mass is 9.84. The molecule has 1 aliphatic heterocycles. The van der Waals surface area contributed by atoms with Gasteiger partial charge < -0.3 is 15.0 Å². The smallest absolute Gasteiger partial charge is 0.317 e. The number of halogens is 1. The van der Waals surface area contributed by atoms with Crippen LogP contribution in [0, 0.1) is 0 Å². The average Bonchev–Trinajstić information content (AvgIpc) is 2.69. The van der Waals surface area contributed by atoms with Crippen LogP contribution in [-0.4, -0.2) is 43.3 Å². The molecule has 0 aliphatic carbocycles. The van der Waals surface area contributed by atoms with Gasteiger partial charge >= 0.3 is 6.03 Å². The summed E-state index contributed by atoms with van der Waals surface area (Å²) in [5, 5.41) is 3.77. The molecule has 1 atom stereocenters. The third-order valence-electron chi connectivity index (χ3n) is 4.03. The van der Waals surface area contributed by atoms with Gasteiger partial charge in [0.2, 0.25) is 0 Å². The van der Waals surface area contributed by atoms with E-state index in [4.69, 9.17) is 16.3 Å². The third kappa shape index (κ3) is 4.62. The largest absolute Gasteiger partial charge is 0.377 e. The monoisotopic (exact) mass is 324 g/mol. The van der Waals surface area contributed by atoms with Gasteiger partial charge in [0.05, 0.1) is 6.10 Å². The summed E-state index contributed by atoms with van der Waals surface area (Å²) in [4.78, 5) is 14.2. The predicted octanol–water partition coefficient (Wildman–Crippen LogP) is 3.44. The number of hydrogen-bond donors (Lipinski definition) is 1. The van der Waals surface area contributed by atoms with Gasteiger partial charge in [0.1, 0.15) is 0 Å². The molecule has 1 saturated heterocycles. The number of ether oxygens (including phenoxy) is 1. The van der Waals surface area contributed by atoms with Gasteiger partial charge in [-0.15, -0.1) is 0 Å². The van der Waals surface area contributed by atoms with Crippen LogP contribution in [0.1, 0.15) is 32.8 Å². The second-order valence-corrected chi connectivity index (χ2v) is 6.97. The van der Waals surface area contributed by atoms with E-state index in [1.54, 1.807) is 0 Å². The lowest BCUT2D eigenvalue weighted by Crippen LogP contribution is -2.46. The van der Waals surface area contributed by atoms with Crippen LogP contribution in [0.15, 0.2) is 24.3 Å². The highest BCUT2D eigenvalue weighted by molar-refractivity contribution is 6.30. The van der Waals surface area contributed by atoms with Crippen LogP contribution in [0.5, 0.6) is 0 Å². The van der Waals surface area contributed by atoms with E-state index < -0.39 is 0 Å². The van der Waals surface area contributed by atoms with Gasteiger partial charge in [-0.25, -0.2) is 4.79 Å². The van der Waals surface area contributed by atoms with Crippen LogP contribution in [0.2, 0.25) is 5.02 Å². The average molecular weight is 325 g/mol. The SMILES string of the molecule is CC1CN(C(=O)NCC(C)(C)c2cccc(Cl)c2)CCCO1. The van der Waals surface area contributed by atoms with Crippen molar-refractivity contribution in [3.05, 3.63) is 34.9 Å². The van der Waals surface area contributed by atoms with Crippen LogP contribution in [-0.2, 0) is 10.2 Å². The first-order chi connectivity index (χ1) is 10.4. The summed E-state index contributed by atoms with van der Waals surface area (Å²) in [5.41, 5.74) is 0.946. The predicted molar refractivity (Wildman–Crippen MR) is 89.5 cm³/mol. The van der Waals surface area contributed by atoms with E-state index in [1.165, 1.54) is 0 Å². The quantitative estimate of drug-likeness (QED) is 0.925. The number of urea groups is 1. The Morgan fingerprint density at radius 2 is 2.27 bits per heavy atom. The van der Waals surface area contributed by atoms with Gasteiger partial charge in [0.25, 0.3) is 0 Å². The molecule has 1 aromatic carbocycles. The molecular weight excluding hydrogens is 300 g/mol. The number of carbonyl (C=O) groups is 1. The van der Waals surface area contributed by atoms with Crippen molar-refractivity contribution in [1.82, 2.24) is 10.2 Å². The Morgan fingerprint density at radius 1 is 1.50 bits per heavy atom. The van der Waals surface area contributed by atoms with E-state index >= 15 is 0 Å². The highest BCUT2D eigenvalue weighted by Crippen LogP contribution is 2.25. The minimum atomic E-state index is -0.172. The maximum atomic E-state index is 12.4. The van der Waals surface area contributed by atoms with E-state index in [9.17, 15) is 4.79 Å². The Labute approximate surface area is 137 Å². The first-order valence-corrected chi connectivity index (χ1v) is 8.17. The van der Waals surface area contributed by atoms with Crippen LogP contribution >= 0.6 is 11.6 Å². The van der Waals surface area contributed by atoms with Gasteiger partial charge in [-0.2, -0.15) is 0 Å². The molecule has 0 saturated carbocycles. The third-order valence-corrected chi connectivity index (χ3v) is 4.26. The Balaban J connectivity index is 1.94. The lowest BCUT2D eigenvalue weighted by molar-refractivity contribution is 0.0710. The molecule has 1 N–H and O–H groups in total. The minimum absolute atomic E-state index is 0.0209. The van der Waals surface area contributed by atoms with Gasteiger partial charge in [-0.1, -0.05) is 37.6 Å². The zero-order valence-electron chi connectivity index (χ0n) is 13.6. The molecule has 4 nitrogen and oxygen atoms in total. The van der Waals surface area contributed by atoms with Crippen molar-refractivity contribution >= 4 is 17.6 Å². The summed E-state index contributed by atoms with van der Waals surface area (Å²) in [6.07, 6.45) is 0.976. The van der Waals surface area contributed by atoms with Crippen molar-refractivity contribution in [3.8, 4) is 0 Å². The van der Waals surface area contributed by atoms with E-state index in [0.717, 1.165) is 30.2 Å². The molecule has 1 aromatic rings. The van der Waals surface area contributed by atoms with E-state index in [0.29, 0.717) is 13.1 Å². The molecule has 5 heteroatoms. The first-order valence-electron chi connectivity index (χ1n) is 7.79. The highest BCUT2D eigenvalue weighted by Gasteiger charge is 2.24. The number of nitrogens with zero attached hydrogens (tertiary/aromatic N) is 1. The number of benzene rings is 1. The zero-order valence-corrected chi connectivity index (χ0v) is 14.3. The van der Waals surface area contributed by atoms with Crippen LogP contribution < -0.4 is 5.32 Å². The van der Waals surface area contributed by atoms with Crippen molar-refractivity contribution in [2.45, 2.75) is 38.7 Å². The Hall–Kier alpha value is -1.26. The molecular formula is C17H25ClN2O2. The molecule has 122 valence electrons. The van der Waals surface area contributed by atoms with Crippen molar-refractivity contribution in [3.63, 3.8) is 0 Å². The van der Waals surface area contributed by atoms with Crippen LogP contribution in [0.4, 0.5) is 4.79 Å². The van der Waals surface area contributed by atoms with E-state index in [-0.39, 0.29) is 17.6 Å². The Kier molecular flexibility index (Phi) is 5.70. The molecule has 1 aliphatic rings. The summed E-state index contributed by atoms with van der Waals surface area (Å²) in [6.45, 7) is 8.88. The van der Waals surface area contributed by atoms with Gasteiger partial charge in [0, 0.05) is 36.7 Å². The molecule has 0 bridgehead atoms. The molecule has 2 amide bonds. The second kappa shape index (κ2) is 7.34. The molecule has 1 unspecified atom stereocenters. The summed E-state index contributed by atoms with van der Waals surface area (Å²) in [5.74, 6) is 0. The Bertz CT molecular complexity index is 519. The van der Waals surface area contributed by atoms with E-state index in [2.05, 4.69) is 19.2 Å². The maximum absolute atomic E-state index is 12.4. The summed E-state index contributed by atoms with van der Waals surface area (Å²) in [7, 11) is 0. The molecule has 0 aromatic heterocycles. The molecule has 1 heterocycles. The molecule has 0 radical (unpaired) electrons. The number of amides is 2. The van der Waals surface area contributed by atoms with Crippen LogP contribution in [0.25, 0.3) is 0 Å². The van der Waals surface area contributed by atoms with Crippen molar-refractivity contribution in [2.24, 2.45) is 0 Å². The van der Waals surface area contributed by atoms with Crippen molar-refractivity contribution in [1.29, 1.82) is 0 Å². The highest BCUT2D eigenvalue weighted by atomic mass is 35.5. The van der Waals surface area contributed by atoms with Gasteiger partial charge in [-0.05, 0) is 31.0 Å². The number of rotatable bonds is 3. The standard InChI is InChI=1S/C17H25ClN2O2/c1-13-11-20(8-5-9-22-13)16(21)19-12-17(2,3)14-6-4-7-15(18)10-14/h4,6-7,10,13H,5,8-9,11-12H2,1-3H3,(H,19,21). The Morgan fingerprint density at radius 3 is 3.00 bits per heavy atom. The summed E-state index contributed by atoms with van der Waals surface area (Å²) in [6, 6.07) is 7.77.